The average Bonchev–Trinajstić information content (AvgIpc) is 2.98. The molecular weight excluding hydrogens is 436 g/mol. The zero-order valence-electron chi connectivity index (χ0n) is 21.3. The molecule has 0 aliphatic carbocycles. The molecule has 3 N–H and O–H groups in total. The number of carbonyl (C=O) groups is 3. The van der Waals surface area contributed by atoms with E-state index in [0.717, 1.165) is 44.3 Å². The number of aliphatic hydroxyl groups is 1. The minimum Gasteiger partial charge on any atom is -0.480 e. The maximum Gasteiger partial charge on any atom is 0.344 e. The molecule has 1 amide bonds. The number of hydrogen-bond donors (Lipinski definition) is 3. The second-order valence-corrected chi connectivity index (χ2v) is 10.2. The Morgan fingerprint density at radius 2 is 1.91 bits per heavy atom. The summed E-state index contributed by atoms with van der Waals surface area (Å²) in [5.41, 5.74) is -1.11. The van der Waals surface area contributed by atoms with Crippen LogP contribution in [0.2, 0.25) is 0 Å². The molecule has 0 radical (unpaired) electrons. The lowest BCUT2D eigenvalue weighted by Crippen LogP contribution is -2.54. The van der Waals surface area contributed by atoms with E-state index in [0.29, 0.717) is 5.75 Å². The van der Waals surface area contributed by atoms with Crippen LogP contribution in [-0.2, 0) is 19.8 Å². The number of likely N-dealkylation sites (tertiary alicyclic amines) is 1. The first-order valence-electron chi connectivity index (χ1n) is 12.1. The molecule has 1 saturated heterocycles. The van der Waals surface area contributed by atoms with Gasteiger partial charge in [-0.05, 0) is 63.4 Å². The van der Waals surface area contributed by atoms with Crippen LogP contribution >= 0.6 is 0 Å². The molecule has 1 aromatic carbocycles. The minimum absolute atomic E-state index is 0.0496. The van der Waals surface area contributed by atoms with Gasteiger partial charge in [-0.3, -0.25) is 4.79 Å². The molecule has 8 heteroatoms. The van der Waals surface area contributed by atoms with Gasteiger partial charge in [-0.1, -0.05) is 46.2 Å². The van der Waals surface area contributed by atoms with Crippen LogP contribution in [-0.4, -0.2) is 64.7 Å². The molecule has 4 atom stereocenters. The van der Waals surface area contributed by atoms with Gasteiger partial charge in [-0.25, -0.2) is 9.59 Å². The van der Waals surface area contributed by atoms with Crippen molar-refractivity contribution in [3.8, 4) is 5.75 Å². The number of likely N-dealkylation sites (N-methyl/N-ethyl adjacent to an activating group) is 1. The van der Waals surface area contributed by atoms with Gasteiger partial charge < -0.3 is 25.2 Å². The minimum atomic E-state index is -2.15. The number of nitrogens with one attached hydrogen (secondary N) is 1. The number of esters is 1. The van der Waals surface area contributed by atoms with E-state index in [-0.39, 0.29) is 11.3 Å². The summed E-state index contributed by atoms with van der Waals surface area (Å²) in [6, 6.07) is 6.27. The monoisotopic (exact) mass is 476 g/mol. The quantitative estimate of drug-likeness (QED) is 0.371. The molecule has 0 spiro atoms. The summed E-state index contributed by atoms with van der Waals surface area (Å²) in [6.07, 6.45) is 4.26. The van der Waals surface area contributed by atoms with Crippen LogP contribution < -0.4 is 10.1 Å². The molecule has 0 aromatic heterocycles. The van der Waals surface area contributed by atoms with Crippen molar-refractivity contribution in [3.05, 3.63) is 29.8 Å². The number of hydrogen-bond acceptors (Lipinski definition) is 6. The Morgan fingerprint density at radius 3 is 2.50 bits per heavy atom. The first kappa shape index (κ1) is 27.8. The summed E-state index contributed by atoms with van der Waals surface area (Å²) in [5.74, 6) is -4.15. The Morgan fingerprint density at radius 1 is 1.24 bits per heavy atom. The average molecular weight is 477 g/mol. The Labute approximate surface area is 202 Å². The lowest BCUT2D eigenvalue weighted by Gasteiger charge is -2.35. The highest BCUT2D eigenvalue weighted by atomic mass is 16.6. The predicted molar refractivity (Wildman–Crippen MR) is 130 cm³/mol. The molecule has 34 heavy (non-hydrogen) atoms. The number of amides is 1. The SMILES string of the molecule is CCC1(c2cccc(OC(=O)[C@](C)(O)[C@H](C)C(=O)NC(C(=O)O)C(C)C)c2)CCCCN(C)C1. The standard InChI is InChI=1S/C26H40N2O6/c1-7-26(13-8-9-14-28(6)16-26)19-11-10-12-20(15-19)34-24(32)25(5,33)18(4)22(29)27-21(17(2)3)23(30)31/h10-12,15,17-18,21,33H,7-9,13-14,16H2,1-6H3,(H,27,29)(H,30,31)/t18-,21?,25-,26?/m1/s1. The Bertz CT molecular complexity index is 884. The summed E-state index contributed by atoms with van der Waals surface area (Å²) in [6.45, 7) is 10.1. The number of benzene rings is 1. The van der Waals surface area contributed by atoms with E-state index in [1.807, 2.05) is 18.2 Å². The third kappa shape index (κ3) is 6.36. The van der Waals surface area contributed by atoms with Gasteiger partial charge in [0.25, 0.3) is 0 Å². The third-order valence-corrected chi connectivity index (χ3v) is 7.23. The molecule has 190 valence electrons. The summed E-state index contributed by atoms with van der Waals surface area (Å²) < 4.78 is 5.53. The maximum atomic E-state index is 12.9. The fourth-order valence-electron chi connectivity index (χ4n) is 4.57. The molecule has 1 heterocycles. The number of nitrogens with zero attached hydrogens (tertiary/aromatic N) is 1. The fourth-order valence-corrected chi connectivity index (χ4v) is 4.57. The summed E-state index contributed by atoms with van der Waals surface area (Å²) >= 11 is 0. The van der Waals surface area contributed by atoms with Crippen molar-refractivity contribution in [1.29, 1.82) is 0 Å². The molecule has 2 rings (SSSR count). The first-order chi connectivity index (χ1) is 15.8. The largest absolute Gasteiger partial charge is 0.480 e. The highest BCUT2D eigenvalue weighted by molar-refractivity contribution is 5.92. The summed E-state index contributed by atoms with van der Waals surface area (Å²) in [7, 11) is 2.12. The molecule has 1 fully saturated rings. The predicted octanol–water partition coefficient (Wildman–Crippen LogP) is 2.97. The molecule has 1 aliphatic rings. The highest BCUT2D eigenvalue weighted by Crippen LogP contribution is 2.38. The second kappa shape index (κ2) is 11.3. The topological polar surface area (TPSA) is 116 Å². The van der Waals surface area contributed by atoms with Crippen LogP contribution in [0.25, 0.3) is 0 Å². The van der Waals surface area contributed by atoms with Crippen LogP contribution in [0.4, 0.5) is 0 Å². The van der Waals surface area contributed by atoms with Crippen molar-refractivity contribution in [2.24, 2.45) is 11.8 Å². The maximum absolute atomic E-state index is 12.9. The number of aliphatic carboxylic acids is 1. The number of rotatable bonds is 9. The number of carboxylic acid groups (broad SMARTS) is 1. The normalized spacial score (nSPS) is 22.8. The van der Waals surface area contributed by atoms with Crippen LogP contribution in [0, 0.1) is 11.8 Å². The molecule has 0 bridgehead atoms. The van der Waals surface area contributed by atoms with Crippen LogP contribution in [0.15, 0.2) is 24.3 Å². The lowest BCUT2D eigenvalue weighted by molar-refractivity contribution is -0.163. The Kier molecular flexibility index (Phi) is 9.25. The second-order valence-electron chi connectivity index (χ2n) is 10.2. The lowest BCUT2D eigenvalue weighted by atomic mass is 9.74. The smallest absolute Gasteiger partial charge is 0.344 e. The van der Waals surface area contributed by atoms with E-state index >= 15 is 0 Å². The van der Waals surface area contributed by atoms with Crippen molar-refractivity contribution in [2.75, 3.05) is 20.1 Å². The summed E-state index contributed by atoms with van der Waals surface area (Å²) in [5, 5.41) is 22.6. The van der Waals surface area contributed by atoms with Crippen LogP contribution in [0.1, 0.15) is 65.9 Å². The molecule has 0 saturated carbocycles. The number of ether oxygens (including phenoxy) is 1. The van der Waals surface area contributed by atoms with E-state index in [1.54, 1.807) is 19.9 Å². The molecule has 1 aliphatic heterocycles. The van der Waals surface area contributed by atoms with Crippen molar-refractivity contribution in [3.63, 3.8) is 0 Å². The van der Waals surface area contributed by atoms with Gasteiger partial charge in [-0.15, -0.1) is 0 Å². The molecular formula is C26H40N2O6. The molecule has 1 aromatic rings. The summed E-state index contributed by atoms with van der Waals surface area (Å²) in [4.78, 5) is 39.3. The number of carboxylic acids is 1. The van der Waals surface area contributed by atoms with E-state index in [2.05, 4.69) is 24.2 Å². The highest BCUT2D eigenvalue weighted by Gasteiger charge is 2.44. The van der Waals surface area contributed by atoms with Gasteiger partial charge in [0.2, 0.25) is 5.91 Å². The zero-order chi connectivity index (χ0) is 25.7. The third-order valence-electron chi connectivity index (χ3n) is 7.23. The van der Waals surface area contributed by atoms with E-state index in [4.69, 9.17) is 4.74 Å². The zero-order valence-corrected chi connectivity index (χ0v) is 21.3. The number of carbonyl (C=O) groups excluding carboxylic acids is 2. The van der Waals surface area contributed by atoms with Gasteiger partial charge in [0.05, 0.1) is 5.92 Å². The first-order valence-corrected chi connectivity index (χ1v) is 12.1. The van der Waals surface area contributed by atoms with Crippen LogP contribution in [0.5, 0.6) is 5.75 Å². The van der Waals surface area contributed by atoms with E-state index in [1.165, 1.54) is 13.8 Å². The Balaban J connectivity index is 2.19. The Hall–Kier alpha value is -2.45. The van der Waals surface area contributed by atoms with Crippen molar-refractivity contribution < 1.29 is 29.3 Å². The van der Waals surface area contributed by atoms with Crippen molar-refractivity contribution in [1.82, 2.24) is 10.2 Å². The van der Waals surface area contributed by atoms with Gasteiger partial charge in [0.1, 0.15) is 11.8 Å². The van der Waals surface area contributed by atoms with Gasteiger partial charge in [-0.2, -0.15) is 0 Å². The van der Waals surface area contributed by atoms with Crippen molar-refractivity contribution >= 4 is 17.8 Å². The van der Waals surface area contributed by atoms with Crippen LogP contribution in [0.3, 0.4) is 0 Å². The van der Waals surface area contributed by atoms with Gasteiger partial charge in [0.15, 0.2) is 5.60 Å². The van der Waals surface area contributed by atoms with Crippen molar-refractivity contribution in [2.45, 2.75) is 77.4 Å². The molecule has 8 nitrogen and oxygen atoms in total. The van der Waals surface area contributed by atoms with E-state index < -0.39 is 35.4 Å². The van der Waals surface area contributed by atoms with E-state index in [9.17, 15) is 24.6 Å². The van der Waals surface area contributed by atoms with Gasteiger partial charge in [0, 0.05) is 12.0 Å². The van der Waals surface area contributed by atoms with Gasteiger partial charge >= 0.3 is 11.9 Å². The molecule has 2 unspecified atom stereocenters. The fraction of sp³-hybridized carbons (Fsp3) is 0.654.